The van der Waals surface area contributed by atoms with Crippen molar-refractivity contribution in [3.8, 4) is 0 Å². The molecule has 0 saturated heterocycles. The standard InChI is InChI=1S/C56H101N2O7P/c1-7-10-13-16-19-22-25-27-29-31-34-37-40-43-46-49-56(60)65-54(47-44-41-38-35-32-24-21-18-15-12-9-3)53(52-64-66(61,62)63-51-50-58(4,5)6)57-55(59)48-45-42-39-36-33-30-28-26-23-20-17-14-11-8-2/h11,14,19-20,22-23,25,27-28,30,44,47,53-54H,7-10,12-13,15-18,21,24,26,29,31-43,45-46,48-52H2,1-6H3,(H-,57,59,61,62)/b14-11+,22-19+,23-20+,27-25+,30-28+,47-44+. The van der Waals surface area contributed by atoms with E-state index < -0.39 is 26.6 Å². The molecule has 9 nitrogen and oxygen atoms in total. The van der Waals surface area contributed by atoms with Crippen LogP contribution in [0.3, 0.4) is 0 Å². The molecule has 0 spiro atoms. The molecule has 3 unspecified atom stereocenters. The number of carbonyl (C=O) groups is 2. The number of rotatable bonds is 47. The monoisotopic (exact) mass is 945 g/mol. The first-order chi connectivity index (χ1) is 31.9. The molecule has 1 N–H and O–H groups in total. The van der Waals surface area contributed by atoms with Gasteiger partial charge in [0, 0.05) is 12.8 Å². The van der Waals surface area contributed by atoms with Crippen LogP contribution in [0.15, 0.2) is 72.9 Å². The third-order valence-corrected chi connectivity index (χ3v) is 12.4. The smallest absolute Gasteiger partial charge is 0.306 e. The first-order valence-corrected chi connectivity index (χ1v) is 28.2. The number of esters is 1. The zero-order valence-corrected chi connectivity index (χ0v) is 44.3. The quantitative estimate of drug-likeness (QED) is 0.0161. The average molecular weight is 945 g/mol. The molecule has 0 aromatic carbocycles. The van der Waals surface area contributed by atoms with E-state index >= 15 is 0 Å². The number of nitrogens with one attached hydrogen (secondary N) is 1. The van der Waals surface area contributed by atoms with Crippen LogP contribution in [0.1, 0.15) is 220 Å². The fourth-order valence-corrected chi connectivity index (χ4v) is 7.95. The van der Waals surface area contributed by atoms with Gasteiger partial charge in [-0.15, -0.1) is 0 Å². The van der Waals surface area contributed by atoms with Crippen LogP contribution in [-0.4, -0.2) is 69.4 Å². The van der Waals surface area contributed by atoms with Gasteiger partial charge in [0.05, 0.1) is 33.8 Å². The van der Waals surface area contributed by atoms with Crippen LogP contribution in [0.4, 0.5) is 0 Å². The number of likely N-dealkylation sites (N-methyl/N-ethyl adjacent to an activating group) is 1. The molecule has 0 aromatic rings. The van der Waals surface area contributed by atoms with Crippen molar-refractivity contribution in [1.82, 2.24) is 5.32 Å². The van der Waals surface area contributed by atoms with Crippen molar-refractivity contribution in [2.45, 2.75) is 232 Å². The Hall–Kier alpha value is -2.55. The van der Waals surface area contributed by atoms with Crippen LogP contribution >= 0.6 is 7.82 Å². The van der Waals surface area contributed by atoms with Gasteiger partial charge >= 0.3 is 5.97 Å². The van der Waals surface area contributed by atoms with E-state index in [1.54, 1.807) is 0 Å². The minimum absolute atomic E-state index is 0.0317. The van der Waals surface area contributed by atoms with E-state index in [-0.39, 0.29) is 31.3 Å². The highest BCUT2D eigenvalue weighted by molar-refractivity contribution is 7.45. The molecule has 0 bridgehead atoms. The zero-order valence-electron chi connectivity index (χ0n) is 43.4. The molecule has 3 atom stereocenters. The molecular formula is C56H101N2O7P. The summed E-state index contributed by atoms with van der Waals surface area (Å²) in [4.78, 5) is 39.7. The van der Waals surface area contributed by atoms with Crippen LogP contribution in [-0.2, 0) is 27.9 Å². The number of phosphoric ester groups is 1. The summed E-state index contributed by atoms with van der Waals surface area (Å²) in [6.45, 7) is 6.64. The Bertz CT molecular complexity index is 1370. The second kappa shape index (κ2) is 46.2. The molecule has 0 aliphatic rings. The van der Waals surface area contributed by atoms with E-state index in [0.717, 1.165) is 109 Å². The maximum Gasteiger partial charge on any atom is 0.306 e. The van der Waals surface area contributed by atoms with Crippen molar-refractivity contribution in [2.75, 3.05) is 40.9 Å². The van der Waals surface area contributed by atoms with E-state index in [9.17, 15) is 19.0 Å². The Morgan fingerprint density at radius 1 is 0.561 bits per heavy atom. The predicted octanol–water partition coefficient (Wildman–Crippen LogP) is 15.1. The number of hydrogen-bond acceptors (Lipinski definition) is 7. The van der Waals surface area contributed by atoms with Gasteiger partial charge in [-0.25, -0.2) is 0 Å². The molecular weight excluding hydrogens is 844 g/mol. The Labute approximate surface area is 406 Å². The topological polar surface area (TPSA) is 114 Å². The molecule has 0 heterocycles. The van der Waals surface area contributed by atoms with Crippen molar-refractivity contribution in [2.24, 2.45) is 0 Å². The van der Waals surface area contributed by atoms with Gasteiger partial charge in [-0.05, 0) is 89.5 Å². The Morgan fingerprint density at radius 3 is 1.58 bits per heavy atom. The van der Waals surface area contributed by atoms with Gasteiger partial charge in [0.2, 0.25) is 5.91 Å². The lowest BCUT2D eigenvalue weighted by atomic mass is 10.1. The summed E-state index contributed by atoms with van der Waals surface area (Å²) >= 11 is 0. The Kier molecular flexibility index (Phi) is 44.4. The second-order valence-electron chi connectivity index (χ2n) is 19.0. The summed E-state index contributed by atoms with van der Waals surface area (Å²) in [6, 6.07) is -0.905. The third kappa shape index (κ3) is 46.6. The summed E-state index contributed by atoms with van der Waals surface area (Å²) < 4.78 is 30.1. The maximum absolute atomic E-state index is 13.4. The molecule has 10 heteroatoms. The minimum Gasteiger partial charge on any atom is -0.756 e. The molecule has 0 fully saturated rings. The number of quaternary nitrogens is 1. The summed E-state index contributed by atoms with van der Waals surface area (Å²) in [7, 11) is 1.15. The summed E-state index contributed by atoms with van der Waals surface area (Å²) in [6.07, 6.45) is 57.2. The first-order valence-electron chi connectivity index (χ1n) is 26.8. The number of phosphoric acid groups is 1. The fraction of sp³-hybridized carbons (Fsp3) is 0.750. The number of allylic oxidation sites excluding steroid dienone is 11. The van der Waals surface area contributed by atoms with Gasteiger partial charge in [-0.1, -0.05) is 190 Å². The van der Waals surface area contributed by atoms with Crippen LogP contribution < -0.4 is 10.2 Å². The summed E-state index contributed by atoms with van der Waals surface area (Å²) in [5.74, 6) is -0.586. The maximum atomic E-state index is 13.4. The van der Waals surface area contributed by atoms with Crippen molar-refractivity contribution < 1.29 is 37.3 Å². The zero-order chi connectivity index (χ0) is 48.7. The molecule has 0 aliphatic carbocycles. The van der Waals surface area contributed by atoms with Gasteiger partial charge < -0.3 is 28.5 Å². The molecule has 66 heavy (non-hydrogen) atoms. The fourth-order valence-electron chi connectivity index (χ4n) is 7.23. The van der Waals surface area contributed by atoms with E-state index in [1.165, 1.54) is 64.2 Å². The molecule has 0 radical (unpaired) electrons. The number of carbonyl (C=O) groups excluding carboxylic acids is 2. The van der Waals surface area contributed by atoms with E-state index in [2.05, 4.69) is 86.8 Å². The molecule has 0 aromatic heterocycles. The highest BCUT2D eigenvalue weighted by Crippen LogP contribution is 2.38. The molecule has 0 aliphatic heterocycles. The second-order valence-corrected chi connectivity index (χ2v) is 20.4. The van der Waals surface area contributed by atoms with Crippen molar-refractivity contribution >= 4 is 19.7 Å². The lowest BCUT2D eigenvalue weighted by Gasteiger charge is -2.30. The lowest BCUT2D eigenvalue weighted by Crippen LogP contribution is -2.47. The Morgan fingerprint density at radius 2 is 1.02 bits per heavy atom. The number of ether oxygens (including phenoxy) is 1. The van der Waals surface area contributed by atoms with Gasteiger partial charge in [-0.3, -0.25) is 14.2 Å². The van der Waals surface area contributed by atoms with Crippen molar-refractivity contribution in [3.63, 3.8) is 0 Å². The Balaban J connectivity index is 5.45. The first kappa shape index (κ1) is 63.5. The SMILES string of the molecule is CC/C=C/C/C=C/C/C=C/CCCCCCC(=O)NC(COP(=O)([O-])OCC[N+](C)(C)C)C(/C=C/CCCCCCCCCCC)OC(=O)CCCCCCCC/C=C/C=C/CCCCC. The number of nitrogens with zero attached hydrogens (tertiary/aromatic N) is 1. The summed E-state index contributed by atoms with van der Waals surface area (Å²) in [5, 5.41) is 2.99. The normalized spacial score (nSPS) is 14.5. The van der Waals surface area contributed by atoms with Gasteiger partial charge in [0.25, 0.3) is 7.82 Å². The van der Waals surface area contributed by atoms with Crippen molar-refractivity contribution in [3.05, 3.63) is 72.9 Å². The van der Waals surface area contributed by atoms with Gasteiger partial charge in [-0.2, -0.15) is 0 Å². The van der Waals surface area contributed by atoms with E-state index in [0.29, 0.717) is 23.9 Å². The average Bonchev–Trinajstić information content (AvgIpc) is 3.27. The minimum atomic E-state index is -4.70. The van der Waals surface area contributed by atoms with Gasteiger partial charge in [0.1, 0.15) is 19.3 Å². The van der Waals surface area contributed by atoms with Gasteiger partial charge in [0.15, 0.2) is 0 Å². The molecule has 0 rings (SSSR count). The predicted molar refractivity (Wildman–Crippen MR) is 279 cm³/mol. The molecule has 1 amide bonds. The van der Waals surface area contributed by atoms with E-state index in [1.807, 2.05) is 33.3 Å². The largest absolute Gasteiger partial charge is 0.756 e. The number of hydrogen-bond donors (Lipinski definition) is 1. The lowest BCUT2D eigenvalue weighted by molar-refractivity contribution is -0.870. The summed E-state index contributed by atoms with van der Waals surface area (Å²) in [5.41, 5.74) is 0. The van der Waals surface area contributed by atoms with E-state index in [4.69, 9.17) is 13.8 Å². The highest BCUT2D eigenvalue weighted by atomic mass is 31.2. The molecule has 0 saturated carbocycles. The number of unbranched alkanes of at least 4 members (excludes halogenated alkanes) is 22. The van der Waals surface area contributed by atoms with Crippen LogP contribution in [0.2, 0.25) is 0 Å². The van der Waals surface area contributed by atoms with Crippen molar-refractivity contribution in [1.29, 1.82) is 0 Å². The third-order valence-electron chi connectivity index (χ3n) is 11.4. The highest BCUT2D eigenvalue weighted by Gasteiger charge is 2.27. The van der Waals surface area contributed by atoms with Crippen LogP contribution in [0.25, 0.3) is 0 Å². The van der Waals surface area contributed by atoms with Crippen LogP contribution in [0.5, 0.6) is 0 Å². The number of amides is 1. The van der Waals surface area contributed by atoms with Crippen LogP contribution in [0, 0.1) is 0 Å². The molecule has 382 valence electrons.